The van der Waals surface area contributed by atoms with E-state index in [4.69, 9.17) is 57.1 Å². The fourth-order valence-corrected chi connectivity index (χ4v) is 3.32. The van der Waals surface area contributed by atoms with Gasteiger partial charge in [-0.05, 0) is 30.3 Å². The highest BCUT2D eigenvalue weighted by molar-refractivity contribution is 8.13. The molecule has 8 heteroatoms. The van der Waals surface area contributed by atoms with Gasteiger partial charge in [-0.25, -0.2) is 8.42 Å². The van der Waals surface area contributed by atoms with Gasteiger partial charge in [-0.3, -0.25) is 0 Å². The van der Waals surface area contributed by atoms with Crippen LogP contribution in [0, 0.1) is 0 Å². The van der Waals surface area contributed by atoms with Gasteiger partial charge in [0.2, 0.25) is 0 Å². The summed E-state index contributed by atoms with van der Waals surface area (Å²) in [5.74, 6) is 0. The molecule has 2 rings (SSSR count). The van der Waals surface area contributed by atoms with Crippen LogP contribution in [0.25, 0.3) is 11.1 Å². The topological polar surface area (TPSA) is 34.1 Å². The summed E-state index contributed by atoms with van der Waals surface area (Å²) < 4.78 is 22.8. The summed E-state index contributed by atoms with van der Waals surface area (Å²) in [5.41, 5.74) is 0.805. The zero-order valence-corrected chi connectivity index (χ0v) is 14.1. The third-order valence-corrected chi connectivity index (χ3v) is 5.20. The lowest BCUT2D eigenvalue weighted by atomic mass is 10.1. The molecular formula is C12H5Cl5O2S. The molecule has 0 aliphatic carbocycles. The van der Waals surface area contributed by atoms with Crippen molar-refractivity contribution in [1.82, 2.24) is 0 Å². The highest BCUT2D eigenvalue weighted by Gasteiger charge is 2.16. The van der Waals surface area contributed by atoms with Gasteiger partial charge in [0, 0.05) is 31.9 Å². The predicted octanol–water partition coefficient (Wildman–Crippen LogP) is 5.89. The maximum absolute atomic E-state index is 11.4. The summed E-state index contributed by atoms with van der Waals surface area (Å²) in [6.07, 6.45) is 0. The minimum atomic E-state index is -3.88. The van der Waals surface area contributed by atoms with E-state index in [9.17, 15) is 8.42 Å². The Morgan fingerprint density at radius 2 is 1.45 bits per heavy atom. The maximum Gasteiger partial charge on any atom is 0.261 e. The van der Waals surface area contributed by atoms with Crippen LogP contribution in [0.3, 0.4) is 0 Å². The minimum absolute atomic E-state index is 0.0919. The van der Waals surface area contributed by atoms with Crippen molar-refractivity contribution in [3.05, 3.63) is 50.4 Å². The molecular weight excluding hydrogens is 385 g/mol. The second kappa shape index (κ2) is 5.91. The van der Waals surface area contributed by atoms with E-state index in [0.717, 1.165) is 0 Å². The molecule has 2 nitrogen and oxygen atoms in total. The highest BCUT2D eigenvalue weighted by Crippen LogP contribution is 2.40. The lowest BCUT2D eigenvalue weighted by Crippen LogP contribution is -1.92. The smallest absolute Gasteiger partial charge is 0.207 e. The molecule has 0 unspecified atom stereocenters. The Kier molecular flexibility index (Phi) is 4.80. The second-order valence-corrected chi connectivity index (χ2v) is 8.02. The molecule has 0 saturated heterocycles. The van der Waals surface area contributed by atoms with Crippen molar-refractivity contribution in [3.8, 4) is 11.1 Å². The first-order valence-corrected chi connectivity index (χ1v) is 8.91. The lowest BCUT2D eigenvalue weighted by molar-refractivity contribution is 0.609. The Morgan fingerprint density at radius 1 is 0.800 bits per heavy atom. The molecule has 0 aliphatic heterocycles. The monoisotopic (exact) mass is 388 g/mol. The zero-order valence-electron chi connectivity index (χ0n) is 9.50. The summed E-state index contributed by atoms with van der Waals surface area (Å²) in [5, 5.41) is 1.12. The average Bonchev–Trinajstić information content (AvgIpc) is 2.33. The van der Waals surface area contributed by atoms with Crippen LogP contribution >= 0.6 is 57.1 Å². The van der Waals surface area contributed by atoms with Gasteiger partial charge in [-0.1, -0.05) is 46.4 Å². The Balaban J connectivity index is 2.76. The molecule has 0 aliphatic rings. The first kappa shape index (κ1) is 16.2. The molecule has 0 bridgehead atoms. The van der Waals surface area contributed by atoms with E-state index in [-0.39, 0.29) is 14.9 Å². The molecule has 0 N–H and O–H groups in total. The van der Waals surface area contributed by atoms with E-state index >= 15 is 0 Å². The summed E-state index contributed by atoms with van der Waals surface area (Å²) >= 11 is 24.1. The van der Waals surface area contributed by atoms with Gasteiger partial charge in [-0.2, -0.15) is 0 Å². The normalized spacial score (nSPS) is 11.7. The molecule has 2 aromatic rings. The molecule has 0 amide bonds. The maximum atomic E-state index is 11.4. The van der Waals surface area contributed by atoms with Crippen LogP contribution in [0.4, 0.5) is 0 Å². The summed E-state index contributed by atoms with van der Waals surface area (Å²) in [6.45, 7) is 0. The van der Waals surface area contributed by atoms with Gasteiger partial charge >= 0.3 is 0 Å². The quantitative estimate of drug-likeness (QED) is 0.473. The van der Waals surface area contributed by atoms with Gasteiger partial charge in [0.25, 0.3) is 9.05 Å². The van der Waals surface area contributed by atoms with Crippen LogP contribution in [0.5, 0.6) is 0 Å². The van der Waals surface area contributed by atoms with Crippen molar-refractivity contribution >= 4 is 66.1 Å². The largest absolute Gasteiger partial charge is 0.261 e. The number of hydrogen-bond donors (Lipinski definition) is 0. The number of halogens is 5. The third kappa shape index (κ3) is 3.35. The Labute approximate surface area is 140 Å². The van der Waals surface area contributed by atoms with Gasteiger partial charge in [-0.15, -0.1) is 0 Å². The van der Waals surface area contributed by atoms with Crippen molar-refractivity contribution in [2.45, 2.75) is 4.90 Å². The molecule has 0 saturated carbocycles. The van der Waals surface area contributed by atoms with E-state index in [1.165, 1.54) is 24.3 Å². The van der Waals surface area contributed by atoms with Crippen LogP contribution in [0.1, 0.15) is 0 Å². The summed E-state index contributed by atoms with van der Waals surface area (Å²) in [4.78, 5) is -0.0919. The Bertz CT molecular complexity index is 787. The molecule has 0 aromatic heterocycles. The molecule has 0 fully saturated rings. The Morgan fingerprint density at radius 3 is 2.05 bits per heavy atom. The van der Waals surface area contributed by atoms with Crippen LogP contribution in [-0.2, 0) is 9.05 Å². The number of hydrogen-bond acceptors (Lipinski definition) is 2. The van der Waals surface area contributed by atoms with Crippen molar-refractivity contribution in [2.75, 3.05) is 0 Å². The number of rotatable bonds is 2. The molecule has 2 aromatic carbocycles. The SMILES string of the molecule is O=S(=O)(Cl)c1ccc(Cl)c(-c2cc(Cl)cc(Cl)c2Cl)c1. The van der Waals surface area contributed by atoms with Gasteiger partial charge in [0.05, 0.1) is 14.9 Å². The molecule has 0 spiro atoms. The van der Waals surface area contributed by atoms with Crippen molar-refractivity contribution in [1.29, 1.82) is 0 Å². The van der Waals surface area contributed by atoms with Crippen LogP contribution in [0.2, 0.25) is 20.1 Å². The molecule has 0 heterocycles. The second-order valence-electron chi connectivity index (χ2n) is 3.83. The average molecular weight is 391 g/mol. The summed E-state index contributed by atoms with van der Waals surface area (Å²) in [7, 11) is 1.44. The first-order chi connectivity index (χ1) is 9.20. The van der Waals surface area contributed by atoms with E-state index in [0.29, 0.717) is 21.2 Å². The van der Waals surface area contributed by atoms with Crippen LogP contribution < -0.4 is 0 Å². The van der Waals surface area contributed by atoms with Crippen LogP contribution in [0.15, 0.2) is 35.2 Å². The van der Waals surface area contributed by atoms with E-state index in [2.05, 4.69) is 0 Å². The zero-order chi connectivity index (χ0) is 15.1. The fraction of sp³-hybridized carbons (Fsp3) is 0. The van der Waals surface area contributed by atoms with Crippen molar-refractivity contribution < 1.29 is 8.42 Å². The highest BCUT2D eigenvalue weighted by atomic mass is 35.7. The molecule has 0 atom stereocenters. The fourth-order valence-electron chi connectivity index (χ4n) is 1.61. The van der Waals surface area contributed by atoms with E-state index in [1.54, 1.807) is 6.07 Å². The van der Waals surface area contributed by atoms with Gasteiger partial charge in [0.1, 0.15) is 0 Å². The Hall–Kier alpha value is -0.160. The first-order valence-electron chi connectivity index (χ1n) is 5.09. The molecule has 106 valence electrons. The summed E-state index contributed by atoms with van der Waals surface area (Å²) in [6, 6.07) is 7.05. The van der Waals surface area contributed by atoms with Gasteiger partial charge in [0.15, 0.2) is 0 Å². The van der Waals surface area contributed by atoms with E-state index < -0.39 is 9.05 Å². The van der Waals surface area contributed by atoms with Crippen molar-refractivity contribution in [2.24, 2.45) is 0 Å². The lowest BCUT2D eigenvalue weighted by Gasteiger charge is -2.10. The van der Waals surface area contributed by atoms with Gasteiger partial charge < -0.3 is 0 Å². The van der Waals surface area contributed by atoms with Crippen LogP contribution in [-0.4, -0.2) is 8.42 Å². The minimum Gasteiger partial charge on any atom is -0.207 e. The standard InChI is InChI=1S/C12H5Cl5O2S/c13-6-3-9(12(16)11(15)4-6)8-5-7(20(17,18)19)1-2-10(8)14/h1-5H. The predicted molar refractivity (Wildman–Crippen MR) is 85.0 cm³/mol. The molecule has 20 heavy (non-hydrogen) atoms. The van der Waals surface area contributed by atoms with Crippen molar-refractivity contribution in [3.63, 3.8) is 0 Å². The van der Waals surface area contributed by atoms with E-state index in [1.807, 2.05) is 0 Å². The number of benzene rings is 2. The molecule has 0 radical (unpaired) electrons. The third-order valence-electron chi connectivity index (χ3n) is 2.50.